The first-order chi connectivity index (χ1) is 9.61. The van der Waals surface area contributed by atoms with Crippen molar-refractivity contribution in [1.82, 2.24) is 15.5 Å². The van der Waals surface area contributed by atoms with E-state index in [1.54, 1.807) is 6.07 Å². The Labute approximate surface area is 119 Å². The number of hydrogen-bond acceptors (Lipinski definition) is 5. The number of β-amino-alcohol motifs (C(OH)–C–C–N with tert-alkyl or cyclic N) is 1. The molecule has 1 aromatic carbocycles. The van der Waals surface area contributed by atoms with Crippen LogP contribution in [0.1, 0.15) is 29.7 Å². The molecular weight excluding hydrogens is 285 g/mol. The molecule has 2 atom stereocenters. The fourth-order valence-electron chi connectivity index (χ4n) is 2.22. The third kappa shape index (κ3) is 2.82. The summed E-state index contributed by atoms with van der Waals surface area (Å²) >= 11 is 5.96. The minimum atomic E-state index is -0.387. The van der Waals surface area contributed by atoms with Crippen molar-refractivity contribution in [3.8, 4) is 0 Å². The number of nitrogens with one attached hydrogen (secondary N) is 1. The molecule has 1 aliphatic heterocycles. The highest BCUT2D eigenvalue weighted by atomic mass is 35.5. The Morgan fingerprint density at radius 3 is 3.05 bits per heavy atom. The van der Waals surface area contributed by atoms with E-state index in [1.165, 1.54) is 12.1 Å². The van der Waals surface area contributed by atoms with Crippen LogP contribution >= 0.6 is 11.6 Å². The van der Waals surface area contributed by atoms with Crippen LogP contribution in [0.4, 0.5) is 4.39 Å². The van der Waals surface area contributed by atoms with Gasteiger partial charge < -0.3 is 14.9 Å². The summed E-state index contributed by atoms with van der Waals surface area (Å²) in [6.45, 7) is 0.520. The minimum absolute atomic E-state index is 0.116. The fourth-order valence-corrected chi connectivity index (χ4v) is 2.46. The maximum absolute atomic E-state index is 13.0. The van der Waals surface area contributed by atoms with E-state index in [1.807, 2.05) is 0 Å². The smallest absolute Gasteiger partial charge is 0.243 e. The SMILES string of the molecule is OC1CN[C@H](c2nc(Cc3ccc(F)cc3Cl)no2)C1. The first-order valence-corrected chi connectivity index (χ1v) is 6.67. The summed E-state index contributed by atoms with van der Waals surface area (Å²) in [5.41, 5.74) is 0.736. The molecule has 106 valence electrons. The van der Waals surface area contributed by atoms with Crippen molar-refractivity contribution < 1.29 is 14.0 Å². The zero-order valence-electron chi connectivity index (χ0n) is 10.5. The Kier molecular flexibility index (Phi) is 3.69. The zero-order valence-corrected chi connectivity index (χ0v) is 11.3. The van der Waals surface area contributed by atoms with E-state index >= 15 is 0 Å². The average Bonchev–Trinajstić information content (AvgIpc) is 3.02. The van der Waals surface area contributed by atoms with Crippen LogP contribution in [0.5, 0.6) is 0 Å². The third-order valence-corrected chi connectivity index (χ3v) is 3.61. The van der Waals surface area contributed by atoms with E-state index < -0.39 is 0 Å². The summed E-state index contributed by atoms with van der Waals surface area (Å²) in [6.07, 6.45) is 0.540. The number of nitrogens with zero attached hydrogens (tertiary/aromatic N) is 2. The van der Waals surface area contributed by atoms with Crippen molar-refractivity contribution in [2.24, 2.45) is 0 Å². The predicted octanol–water partition coefficient (Wildman–Crippen LogP) is 1.85. The molecular formula is C13H13ClFN3O2. The second-order valence-electron chi connectivity index (χ2n) is 4.81. The summed E-state index contributed by atoms with van der Waals surface area (Å²) in [6, 6.07) is 4.09. The average molecular weight is 298 g/mol. The van der Waals surface area contributed by atoms with Crippen molar-refractivity contribution in [3.63, 3.8) is 0 Å². The predicted molar refractivity (Wildman–Crippen MR) is 69.9 cm³/mol. The molecule has 2 heterocycles. The fraction of sp³-hybridized carbons (Fsp3) is 0.385. The van der Waals surface area contributed by atoms with E-state index in [2.05, 4.69) is 15.5 Å². The molecule has 0 bridgehead atoms. The van der Waals surface area contributed by atoms with E-state index in [4.69, 9.17) is 16.1 Å². The molecule has 0 spiro atoms. The van der Waals surface area contributed by atoms with Crippen LogP contribution < -0.4 is 5.32 Å². The highest BCUT2D eigenvalue weighted by molar-refractivity contribution is 6.31. The van der Waals surface area contributed by atoms with Gasteiger partial charge in [0.2, 0.25) is 5.89 Å². The molecule has 1 saturated heterocycles. The normalized spacial score (nSPS) is 22.4. The highest BCUT2D eigenvalue weighted by Gasteiger charge is 2.28. The number of halogens is 2. The molecule has 1 aromatic heterocycles. The summed E-state index contributed by atoms with van der Waals surface area (Å²) < 4.78 is 18.1. The molecule has 7 heteroatoms. The lowest BCUT2D eigenvalue weighted by molar-refractivity contribution is 0.191. The van der Waals surface area contributed by atoms with Gasteiger partial charge in [-0.3, -0.25) is 0 Å². The largest absolute Gasteiger partial charge is 0.392 e. The molecule has 20 heavy (non-hydrogen) atoms. The molecule has 5 nitrogen and oxygen atoms in total. The molecule has 2 aromatic rings. The van der Waals surface area contributed by atoms with Gasteiger partial charge in [0, 0.05) is 18.0 Å². The van der Waals surface area contributed by atoms with Crippen LogP contribution in [0.25, 0.3) is 0 Å². The minimum Gasteiger partial charge on any atom is -0.392 e. The summed E-state index contributed by atoms with van der Waals surface area (Å²) in [4.78, 5) is 4.28. The van der Waals surface area contributed by atoms with E-state index in [0.717, 1.165) is 5.56 Å². The Morgan fingerprint density at radius 2 is 2.35 bits per heavy atom. The van der Waals surface area contributed by atoms with Crippen LogP contribution in [0, 0.1) is 5.82 Å². The van der Waals surface area contributed by atoms with Crippen molar-refractivity contribution in [2.75, 3.05) is 6.54 Å². The zero-order chi connectivity index (χ0) is 14.1. The van der Waals surface area contributed by atoms with Crippen LogP contribution in [0.3, 0.4) is 0 Å². The monoisotopic (exact) mass is 297 g/mol. The molecule has 0 radical (unpaired) electrons. The van der Waals surface area contributed by atoms with Crippen molar-refractivity contribution in [2.45, 2.75) is 25.0 Å². The van der Waals surface area contributed by atoms with Crippen LogP contribution in [-0.4, -0.2) is 27.9 Å². The van der Waals surface area contributed by atoms with Crippen molar-refractivity contribution >= 4 is 11.6 Å². The second-order valence-corrected chi connectivity index (χ2v) is 5.22. The first-order valence-electron chi connectivity index (χ1n) is 6.29. The molecule has 2 N–H and O–H groups in total. The van der Waals surface area contributed by atoms with Gasteiger partial charge in [-0.2, -0.15) is 4.98 Å². The lowest BCUT2D eigenvalue weighted by atomic mass is 10.1. The van der Waals surface area contributed by atoms with Crippen molar-refractivity contribution in [3.05, 3.63) is 46.3 Å². The summed E-state index contributed by atoms with van der Waals surface area (Å²) in [5.74, 6) is 0.558. The second kappa shape index (κ2) is 5.47. The topological polar surface area (TPSA) is 71.2 Å². The quantitative estimate of drug-likeness (QED) is 0.904. The number of aromatic nitrogens is 2. The van der Waals surface area contributed by atoms with Gasteiger partial charge in [-0.15, -0.1) is 0 Å². The van der Waals surface area contributed by atoms with Gasteiger partial charge in [0.15, 0.2) is 5.82 Å². The maximum Gasteiger partial charge on any atom is 0.243 e. The maximum atomic E-state index is 13.0. The Balaban J connectivity index is 1.74. The van der Waals surface area contributed by atoms with Gasteiger partial charge in [-0.05, 0) is 24.1 Å². The van der Waals surface area contributed by atoms with E-state index in [-0.39, 0.29) is 18.0 Å². The highest BCUT2D eigenvalue weighted by Crippen LogP contribution is 2.23. The molecule has 0 amide bonds. The Morgan fingerprint density at radius 1 is 1.50 bits per heavy atom. The van der Waals surface area contributed by atoms with Crippen LogP contribution in [0.2, 0.25) is 5.02 Å². The third-order valence-electron chi connectivity index (χ3n) is 3.25. The lowest BCUT2D eigenvalue weighted by Crippen LogP contribution is -2.15. The van der Waals surface area contributed by atoms with Gasteiger partial charge in [0.1, 0.15) is 5.82 Å². The van der Waals surface area contributed by atoms with Gasteiger partial charge in [0.05, 0.1) is 12.1 Å². The lowest BCUT2D eigenvalue weighted by Gasteiger charge is -2.02. The van der Waals surface area contributed by atoms with Crippen molar-refractivity contribution in [1.29, 1.82) is 0 Å². The first kappa shape index (κ1) is 13.5. The van der Waals surface area contributed by atoms with Crippen LogP contribution in [0.15, 0.2) is 22.7 Å². The Hall–Kier alpha value is -1.50. The van der Waals surface area contributed by atoms with Gasteiger partial charge >= 0.3 is 0 Å². The number of rotatable bonds is 3. The number of hydrogen-bond donors (Lipinski definition) is 2. The number of benzene rings is 1. The summed E-state index contributed by atoms with van der Waals surface area (Å²) in [5, 5.41) is 16.8. The molecule has 0 aliphatic carbocycles. The molecule has 1 fully saturated rings. The standard InChI is InChI=1S/C13H13ClFN3O2/c14-10-4-8(15)2-1-7(10)3-12-17-13(20-18-12)11-5-9(19)6-16-11/h1-2,4,9,11,16,19H,3,5-6H2/t9?,11-/m0/s1. The summed E-state index contributed by atoms with van der Waals surface area (Å²) in [7, 11) is 0. The Bertz CT molecular complexity index is 619. The molecule has 1 unspecified atom stereocenters. The molecule has 3 rings (SSSR count). The number of aliphatic hydroxyl groups is 1. The molecule has 0 saturated carbocycles. The van der Waals surface area contributed by atoms with Crippen LogP contribution in [-0.2, 0) is 6.42 Å². The van der Waals surface area contributed by atoms with E-state index in [0.29, 0.717) is 36.1 Å². The van der Waals surface area contributed by atoms with E-state index in [9.17, 15) is 9.50 Å². The van der Waals surface area contributed by atoms with Gasteiger partial charge in [-0.1, -0.05) is 22.8 Å². The number of aliphatic hydroxyl groups excluding tert-OH is 1. The molecule has 1 aliphatic rings. The van der Waals surface area contributed by atoms with Gasteiger partial charge in [0.25, 0.3) is 0 Å². The van der Waals surface area contributed by atoms with Gasteiger partial charge in [-0.25, -0.2) is 4.39 Å².